The molecule has 2 aromatic carbocycles. The van der Waals surface area contributed by atoms with Crippen LogP contribution in [0.25, 0.3) is 32.8 Å². The monoisotopic (exact) mass is 587 g/mol. The summed E-state index contributed by atoms with van der Waals surface area (Å²) in [6.07, 6.45) is 8.54. The molecule has 1 amide bonds. The SMILES string of the molecule is C[C@@H](Nc1cnc(N2CC3CCC2C3)n(CC(=O)NCc2cc3cnccc3[nH]2)c1=O)c1ccc2oc3ccccc3c2c1. The second kappa shape index (κ2) is 10.6. The maximum atomic E-state index is 14.0. The fraction of sp³-hybridized carbons (Fsp3) is 0.294. The van der Waals surface area contributed by atoms with Gasteiger partial charge in [-0.2, -0.15) is 0 Å². The molecule has 44 heavy (non-hydrogen) atoms. The zero-order valence-corrected chi connectivity index (χ0v) is 24.4. The lowest BCUT2D eigenvalue weighted by molar-refractivity contribution is -0.121. The molecule has 1 aliphatic carbocycles. The number of H-pyrrole nitrogens is 1. The first-order valence-corrected chi connectivity index (χ1v) is 15.2. The second-order valence-electron chi connectivity index (χ2n) is 12.1. The Bertz CT molecular complexity index is 2060. The molecule has 1 aliphatic heterocycles. The van der Waals surface area contributed by atoms with E-state index >= 15 is 0 Å². The lowest BCUT2D eigenvalue weighted by atomic mass is 10.0. The predicted octanol–water partition coefficient (Wildman–Crippen LogP) is 5.50. The van der Waals surface area contributed by atoms with Crippen molar-refractivity contribution in [2.75, 3.05) is 16.8 Å². The Hall–Kier alpha value is -5.12. The molecule has 4 aromatic heterocycles. The Labute approximate surface area is 253 Å². The number of carbonyl (C=O) groups is 1. The van der Waals surface area contributed by atoms with Gasteiger partial charge in [-0.3, -0.25) is 19.1 Å². The average molecular weight is 588 g/mol. The summed E-state index contributed by atoms with van der Waals surface area (Å²) in [7, 11) is 0. The van der Waals surface area contributed by atoms with E-state index in [2.05, 4.69) is 37.6 Å². The number of para-hydroxylation sites is 1. The minimum absolute atomic E-state index is 0.117. The van der Waals surface area contributed by atoms with Crippen molar-refractivity contribution in [1.29, 1.82) is 0 Å². The smallest absolute Gasteiger partial charge is 0.278 e. The zero-order chi connectivity index (χ0) is 29.8. The molecule has 222 valence electrons. The van der Waals surface area contributed by atoms with Crippen LogP contribution in [0, 0.1) is 5.92 Å². The summed E-state index contributed by atoms with van der Waals surface area (Å²) < 4.78 is 7.53. The molecule has 6 aromatic rings. The molecule has 2 bridgehead atoms. The standard InChI is InChI=1S/C34H33N7O3/c1-20(22-7-9-31-27(14-22)26-4-2-3-5-30(26)44-31)38-29-17-37-34(40-18-21-6-8-25(40)12-21)41(33(29)43)19-32(42)36-16-24-13-23-15-35-11-10-28(23)39-24/h2-5,7,9-11,13-15,17,20-21,25,38-39H,6,8,12,16,18-19H2,1H3,(H,36,42)/t20-,21?,25?/m1/s1. The molecule has 0 spiro atoms. The summed E-state index contributed by atoms with van der Waals surface area (Å²) in [5.74, 6) is 0.930. The van der Waals surface area contributed by atoms with E-state index in [1.165, 1.54) is 11.0 Å². The Morgan fingerprint density at radius 2 is 1.98 bits per heavy atom. The van der Waals surface area contributed by atoms with Crippen LogP contribution in [0.2, 0.25) is 0 Å². The van der Waals surface area contributed by atoms with E-state index in [0.29, 0.717) is 30.1 Å². The summed E-state index contributed by atoms with van der Waals surface area (Å²) in [4.78, 5) is 41.8. The van der Waals surface area contributed by atoms with Gasteiger partial charge in [0.15, 0.2) is 0 Å². The molecule has 1 saturated heterocycles. The quantitative estimate of drug-likeness (QED) is 0.215. The van der Waals surface area contributed by atoms with Gasteiger partial charge in [0.25, 0.3) is 5.56 Å². The van der Waals surface area contributed by atoms with Crippen LogP contribution >= 0.6 is 0 Å². The molecule has 3 N–H and O–H groups in total. The van der Waals surface area contributed by atoms with Gasteiger partial charge < -0.3 is 24.9 Å². The van der Waals surface area contributed by atoms with Gasteiger partial charge >= 0.3 is 0 Å². The normalized spacial score (nSPS) is 18.4. The number of aromatic nitrogens is 4. The Morgan fingerprint density at radius 3 is 2.82 bits per heavy atom. The first-order valence-electron chi connectivity index (χ1n) is 15.2. The number of rotatable bonds is 8. The van der Waals surface area contributed by atoms with Crippen molar-refractivity contribution in [3.05, 3.63) is 94.8 Å². The third-order valence-corrected chi connectivity index (χ3v) is 9.22. The maximum Gasteiger partial charge on any atom is 0.278 e. The number of benzene rings is 2. The number of fused-ring (bicyclic) bond motifs is 6. The van der Waals surface area contributed by atoms with E-state index in [1.54, 1.807) is 18.6 Å². The van der Waals surface area contributed by atoms with Crippen LogP contribution in [-0.4, -0.2) is 38.0 Å². The first kappa shape index (κ1) is 26.5. The summed E-state index contributed by atoms with van der Waals surface area (Å²) in [6.45, 7) is 3.08. The number of pyridine rings is 1. The fourth-order valence-electron chi connectivity index (χ4n) is 6.97. The Morgan fingerprint density at radius 1 is 1.09 bits per heavy atom. The second-order valence-corrected chi connectivity index (χ2v) is 12.1. The minimum Gasteiger partial charge on any atom is -0.456 e. The highest BCUT2D eigenvalue weighted by atomic mass is 16.3. The van der Waals surface area contributed by atoms with E-state index in [4.69, 9.17) is 9.40 Å². The van der Waals surface area contributed by atoms with Gasteiger partial charge in [-0.15, -0.1) is 0 Å². The van der Waals surface area contributed by atoms with E-state index in [1.807, 2.05) is 49.4 Å². The van der Waals surface area contributed by atoms with Gasteiger partial charge in [0.05, 0.1) is 12.7 Å². The first-order chi connectivity index (χ1) is 21.5. The summed E-state index contributed by atoms with van der Waals surface area (Å²) in [6, 6.07) is 18.1. The maximum absolute atomic E-state index is 14.0. The summed E-state index contributed by atoms with van der Waals surface area (Å²) in [5, 5.41) is 9.43. The number of furan rings is 1. The number of hydrogen-bond donors (Lipinski definition) is 3. The van der Waals surface area contributed by atoms with Crippen LogP contribution in [0.1, 0.15) is 43.5 Å². The van der Waals surface area contributed by atoms with Crippen molar-refractivity contribution in [2.24, 2.45) is 5.92 Å². The number of piperidine rings is 1. The Kier molecular flexibility index (Phi) is 6.36. The molecular formula is C34H33N7O3. The molecule has 2 aliphatic rings. The third-order valence-electron chi connectivity index (χ3n) is 9.22. The van der Waals surface area contributed by atoms with Gasteiger partial charge in [-0.05, 0) is 68.0 Å². The molecular weight excluding hydrogens is 554 g/mol. The lowest BCUT2D eigenvalue weighted by Crippen LogP contribution is -2.41. The largest absolute Gasteiger partial charge is 0.456 e. The van der Waals surface area contributed by atoms with Crippen LogP contribution in [0.4, 0.5) is 11.6 Å². The number of carbonyl (C=O) groups excluding carboxylic acids is 1. The molecule has 10 nitrogen and oxygen atoms in total. The van der Waals surface area contributed by atoms with Gasteiger partial charge in [-0.1, -0.05) is 24.3 Å². The van der Waals surface area contributed by atoms with E-state index < -0.39 is 0 Å². The summed E-state index contributed by atoms with van der Waals surface area (Å²) >= 11 is 0. The van der Waals surface area contributed by atoms with Crippen molar-refractivity contribution in [1.82, 2.24) is 24.8 Å². The number of nitrogens with one attached hydrogen (secondary N) is 3. The molecule has 3 atom stereocenters. The molecule has 0 radical (unpaired) electrons. The van der Waals surface area contributed by atoms with E-state index in [-0.39, 0.29) is 24.1 Å². The van der Waals surface area contributed by atoms with Gasteiger partial charge in [-0.25, -0.2) is 4.98 Å². The lowest BCUT2D eigenvalue weighted by Gasteiger charge is -2.30. The van der Waals surface area contributed by atoms with Gasteiger partial charge in [0, 0.05) is 58.4 Å². The van der Waals surface area contributed by atoms with Gasteiger partial charge in [0.1, 0.15) is 23.4 Å². The molecule has 10 heteroatoms. The average Bonchev–Trinajstić information content (AvgIpc) is 3.84. The van der Waals surface area contributed by atoms with Crippen LogP contribution in [-0.2, 0) is 17.9 Å². The van der Waals surface area contributed by atoms with Crippen LogP contribution in [0.15, 0.2) is 82.4 Å². The highest BCUT2D eigenvalue weighted by molar-refractivity contribution is 6.05. The predicted molar refractivity (Wildman–Crippen MR) is 171 cm³/mol. The molecule has 2 fully saturated rings. The number of aromatic amines is 1. The minimum atomic E-state index is -0.258. The van der Waals surface area contributed by atoms with Gasteiger partial charge in [0.2, 0.25) is 11.9 Å². The van der Waals surface area contributed by atoms with Crippen LogP contribution in [0.3, 0.4) is 0 Å². The number of hydrogen-bond acceptors (Lipinski definition) is 7. The topological polar surface area (TPSA) is 121 Å². The van der Waals surface area contributed by atoms with E-state index in [9.17, 15) is 9.59 Å². The Balaban J connectivity index is 1.06. The van der Waals surface area contributed by atoms with Crippen molar-refractivity contribution < 1.29 is 9.21 Å². The molecule has 1 saturated carbocycles. The highest BCUT2D eigenvalue weighted by Crippen LogP contribution is 2.39. The van der Waals surface area contributed by atoms with Crippen LogP contribution < -0.4 is 21.1 Å². The van der Waals surface area contributed by atoms with Crippen molar-refractivity contribution in [3.63, 3.8) is 0 Å². The number of anilines is 2. The molecule has 8 rings (SSSR count). The molecule has 5 heterocycles. The fourth-order valence-corrected chi connectivity index (χ4v) is 6.97. The highest BCUT2D eigenvalue weighted by Gasteiger charge is 2.40. The third kappa shape index (κ3) is 4.67. The van der Waals surface area contributed by atoms with E-state index in [0.717, 1.165) is 63.5 Å². The van der Waals surface area contributed by atoms with Crippen LogP contribution in [0.5, 0.6) is 0 Å². The zero-order valence-electron chi connectivity index (χ0n) is 24.4. The number of amides is 1. The number of nitrogens with zero attached hydrogens (tertiary/aromatic N) is 4. The van der Waals surface area contributed by atoms with Crippen molar-refractivity contribution in [2.45, 2.75) is 51.4 Å². The molecule has 2 unspecified atom stereocenters. The van der Waals surface area contributed by atoms with Crippen molar-refractivity contribution >= 4 is 50.4 Å². The summed E-state index contributed by atoms with van der Waals surface area (Å²) in [5.41, 5.74) is 4.62. The van der Waals surface area contributed by atoms with Crippen molar-refractivity contribution in [3.8, 4) is 0 Å².